The monoisotopic (exact) mass is 259 g/mol. The van der Waals surface area contributed by atoms with E-state index in [-0.39, 0.29) is 11.5 Å². The van der Waals surface area contributed by atoms with Crippen LogP contribution in [0.4, 0.5) is 0 Å². The first-order valence-corrected chi connectivity index (χ1v) is 7.07. The molecule has 0 radical (unpaired) electrons. The Morgan fingerprint density at radius 2 is 2.12 bits per heavy atom. The van der Waals surface area contributed by atoms with Crippen molar-refractivity contribution in [1.82, 2.24) is 4.98 Å². The highest BCUT2D eigenvalue weighted by molar-refractivity contribution is 8.13. The molecule has 0 saturated carbocycles. The van der Waals surface area contributed by atoms with Crippen molar-refractivity contribution in [1.29, 1.82) is 0 Å². The second-order valence-electron chi connectivity index (χ2n) is 3.65. The molecule has 2 aromatic rings. The molecule has 2 N–H and O–H groups in total. The molecule has 0 amide bonds. The lowest BCUT2D eigenvalue weighted by Gasteiger charge is -2.04. The van der Waals surface area contributed by atoms with E-state index in [1.807, 2.05) is 6.92 Å². The van der Waals surface area contributed by atoms with Crippen molar-refractivity contribution in [3.05, 3.63) is 29.5 Å². The molecule has 2 rings (SSSR count). The second kappa shape index (κ2) is 3.68. The number of aromatic amines is 1. The zero-order valence-electron chi connectivity index (χ0n) is 8.49. The molecular weight excluding hydrogens is 250 g/mol. The van der Waals surface area contributed by atoms with Gasteiger partial charge in [-0.3, -0.25) is 0 Å². The van der Waals surface area contributed by atoms with E-state index in [0.29, 0.717) is 10.9 Å². The number of aromatic hydroxyl groups is 1. The van der Waals surface area contributed by atoms with Crippen LogP contribution in [0.1, 0.15) is 11.1 Å². The number of fused-ring (bicyclic) bond motifs is 1. The summed E-state index contributed by atoms with van der Waals surface area (Å²) >= 11 is 0. The molecule has 16 heavy (non-hydrogen) atoms. The lowest BCUT2D eigenvalue weighted by atomic mass is 10.1. The molecule has 0 aliphatic carbocycles. The van der Waals surface area contributed by atoms with Crippen LogP contribution in [0.25, 0.3) is 10.9 Å². The minimum Gasteiger partial charge on any atom is -0.507 e. The molecule has 4 nitrogen and oxygen atoms in total. The minimum atomic E-state index is -3.66. The fourth-order valence-corrected chi connectivity index (χ4v) is 2.67. The normalized spacial score (nSPS) is 12.1. The number of nitrogens with one attached hydrogen (secondary N) is 1. The van der Waals surface area contributed by atoms with Gasteiger partial charge < -0.3 is 10.1 Å². The molecule has 1 heterocycles. The van der Waals surface area contributed by atoms with Gasteiger partial charge in [0.05, 0.1) is 5.75 Å². The number of rotatable bonds is 2. The van der Waals surface area contributed by atoms with Crippen molar-refractivity contribution in [2.45, 2.75) is 12.7 Å². The predicted molar refractivity (Wildman–Crippen MR) is 63.2 cm³/mol. The van der Waals surface area contributed by atoms with Crippen LogP contribution in [-0.2, 0) is 14.8 Å². The topological polar surface area (TPSA) is 70.2 Å². The van der Waals surface area contributed by atoms with Gasteiger partial charge >= 0.3 is 0 Å². The summed E-state index contributed by atoms with van der Waals surface area (Å²) in [6.07, 6.45) is 1.75. The summed E-state index contributed by atoms with van der Waals surface area (Å²) in [7, 11) is 1.50. The van der Waals surface area contributed by atoms with E-state index in [9.17, 15) is 13.5 Å². The van der Waals surface area contributed by atoms with Gasteiger partial charge in [-0.2, -0.15) is 0 Å². The van der Waals surface area contributed by atoms with Crippen molar-refractivity contribution in [3.8, 4) is 5.75 Å². The smallest absolute Gasteiger partial charge is 0.236 e. The van der Waals surface area contributed by atoms with Crippen molar-refractivity contribution < 1.29 is 13.5 Å². The molecule has 0 atom stereocenters. The van der Waals surface area contributed by atoms with Crippen LogP contribution >= 0.6 is 10.7 Å². The number of phenolic OH excluding ortho intramolecular Hbond substituents is 1. The summed E-state index contributed by atoms with van der Waals surface area (Å²) in [5.74, 6) is -0.401. The van der Waals surface area contributed by atoms with Gasteiger partial charge in [-0.05, 0) is 18.6 Å². The van der Waals surface area contributed by atoms with Crippen LogP contribution < -0.4 is 0 Å². The van der Waals surface area contributed by atoms with Crippen LogP contribution in [0.2, 0.25) is 0 Å². The van der Waals surface area contributed by atoms with Gasteiger partial charge in [-0.15, -0.1) is 0 Å². The molecule has 86 valence electrons. The van der Waals surface area contributed by atoms with E-state index in [2.05, 4.69) is 4.98 Å². The summed E-state index contributed by atoms with van der Waals surface area (Å²) in [5.41, 5.74) is 1.94. The van der Waals surface area contributed by atoms with E-state index < -0.39 is 9.05 Å². The molecule has 0 spiro atoms. The maximum Gasteiger partial charge on any atom is 0.236 e. The van der Waals surface area contributed by atoms with Crippen LogP contribution in [0.5, 0.6) is 5.75 Å². The molecule has 0 aliphatic heterocycles. The summed E-state index contributed by atoms with van der Waals surface area (Å²) in [6.45, 7) is 1.83. The van der Waals surface area contributed by atoms with Gasteiger partial charge in [-0.25, -0.2) is 8.42 Å². The lowest BCUT2D eigenvalue weighted by molar-refractivity contribution is 0.476. The summed E-state index contributed by atoms with van der Waals surface area (Å²) in [4.78, 5) is 2.98. The third-order valence-electron chi connectivity index (χ3n) is 2.43. The van der Waals surface area contributed by atoms with Crippen LogP contribution in [0, 0.1) is 6.92 Å². The Morgan fingerprint density at radius 1 is 1.44 bits per heavy atom. The van der Waals surface area contributed by atoms with Crippen molar-refractivity contribution >= 4 is 30.6 Å². The van der Waals surface area contributed by atoms with E-state index in [0.717, 1.165) is 11.1 Å². The molecule has 0 aliphatic rings. The predicted octanol–water partition coefficient (Wildman–Crippen LogP) is 2.25. The first-order valence-electron chi connectivity index (χ1n) is 4.59. The highest BCUT2D eigenvalue weighted by atomic mass is 35.7. The highest BCUT2D eigenvalue weighted by Gasteiger charge is 2.15. The van der Waals surface area contributed by atoms with Gasteiger partial charge in [0.1, 0.15) is 5.75 Å². The van der Waals surface area contributed by atoms with Crippen molar-refractivity contribution in [2.24, 2.45) is 0 Å². The largest absolute Gasteiger partial charge is 0.507 e. The number of halogens is 1. The van der Waals surface area contributed by atoms with Crippen LogP contribution in [0.15, 0.2) is 18.3 Å². The third-order valence-corrected chi connectivity index (χ3v) is 3.41. The lowest BCUT2D eigenvalue weighted by Crippen LogP contribution is -1.95. The highest BCUT2D eigenvalue weighted by Crippen LogP contribution is 2.32. The fraction of sp³-hybridized carbons (Fsp3) is 0.200. The summed E-state index contributed by atoms with van der Waals surface area (Å²) in [6, 6.07) is 3.27. The number of H-pyrrole nitrogens is 1. The zero-order valence-corrected chi connectivity index (χ0v) is 10.1. The Balaban J connectivity index is 2.64. The Kier molecular flexibility index (Phi) is 2.59. The molecule has 0 unspecified atom stereocenters. The standard InChI is InChI=1S/C10H10ClNO3S/c1-6-4-12-8-3-2-7(5-16(11,14)15)10(13)9(6)8/h2-4,12-13H,5H2,1H3. The summed E-state index contributed by atoms with van der Waals surface area (Å²) in [5, 5.41) is 10.6. The molecule has 6 heteroatoms. The number of hydrogen-bond donors (Lipinski definition) is 2. The Bertz CT molecular complexity index is 645. The third kappa shape index (κ3) is 2.01. The maximum absolute atomic E-state index is 11.0. The van der Waals surface area contributed by atoms with E-state index >= 15 is 0 Å². The number of phenols is 1. The minimum absolute atomic E-state index is 0.0273. The Labute approximate surface area is 97.3 Å². The SMILES string of the molecule is Cc1c[nH]c2ccc(CS(=O)(=O)Cl)c(O)c12. The van der Waals surface area contributed by atoms with Gasteiger partial charge in [0, 0.05) is 33.3 Å². The average molecular weight is 260 g/mol. The van der Waals surface area contributed by atoms with E-state index in [1.165, 1.54) is 0 Å². The van der Waals surface area contributed by atoms with Gasteiger partial charge in [0.15, 0.2) is 0 Å². The number of aromatic nitrogens is 1. The number of aryl methyl sites for hydroxylation is 1. The van der Waals surface area contributed by atoms with Crippen LogP contribution in [0.3, 0.4) is 0 Å². The molecular formula is C10H10ClNO3S. The van der Waals surface area contributed by atoms with Crippen LogP contribution in [-0.4, -0.2) is 18.5 Å². The van der Waals surface area contributed by atoms with Crippen molar-refractivity contribution in [3.63, 3.8) is 0 Å². The molecule has 1 aromatic carbocycles. The van der Waals surface area contributed by atoms with Gasteiger partial charge in [0.25, 0.3) is 0 Å². The maximum atomic E-state index is 11.0. The second-order valence-corrected chi connectivity index (χ2v) is 6.43. The zero-order chi connectivity index (χ0) is 11.9. The van der Waals surface area contributed by atoms with Crippen molar-refractivity contribution in [2.75, 3.05) is 0 Å². The van der Waals surface area contributed by atoms with E-state index in [1.54, 1.807) is 18.3 Å². The Hall–Kier alpha value is -1.20. The first kappa shape index (κ1) is 11.3. The molecule has 0 bridgehead atoms. The number of benzene rings is 1. The van der Waals surface area contributed by atoms with Gasteiger partial charge in [0.2, 0.25) is 9.05 Å². The number of hydrogen-bond acceptors (Lipinski definition) is 3. The first-order chi connectivity index (χ1) is 7.38. The average Bonchev–Trinajstić information content (AvgIpc) is 2.51. The fourth-order valence-electron chi connectivity index (χ4n) is 1.71. The summed E-state index contributed by atoms with van der Waals surface area (Å²) < 4.78 is 21.9. The quantitative estimate of drug-likeness (QED) is 0.813. The molecule has 0 fully saturated rings. The Morgan fingerprint density at radius 3 is 2.75 bits per heavy atom. The molecule has 0 saturated heterocycles. The van der Waals surface area contributed by atoms with Gasteiger partial charge in [-0.1, -0.05) is 6.07 Å². The van der Waals surface area contributed by atoms with E-state index in [4.69, 9.17) is 10.7 Å². The molecule has 1 aromatic heterocycles.